The van der Waals surface area contributed by atoms with Gasteiger partial charge in [0.1, 0.15) is 25.5 Å². The summed E-state index contributed by atoms with van der Waals surface area (Å²) in [6, 6.07) is 12.4. The third-order valence-corrected chi connectivity index (χ3v) is 5.54. The van der Waals surface area contributed by atoms with Crippen LogP contribution in [0.3, 0.4) is 0 Å². The minimum Gasteiger partial charge on any atom is -0.490 e. The number of anilines is 1. The Morgan fingerprint density at radius 1 is 1.03 bits per heavy atom. The second-order valence-electron chi connectivity index (χ2n) is 7.77. The topological polar surface area (TPSA) is 77.1 Å². The molecule has 2 aliphatic rings. The number of nitrogens with zero attached hydrogens (tertiary/aromatic N) is 1. The van der Waals surface area contributed by atoms with E-state index in [9.17, 15) is 9.59 Å². The lowest BCUT2D eigenvalue weighted by Gasteiger charge is -2.22. The van der Waals surface area contributed by atoms with Gasteiger partial charge in [-0.05, 0) is 69.0 Å². The van der Waals surface area contributed by atoms with Gasteiger partial charge in [-0.25, -0.2) is 0 Å². The van der Waals surface area contributed by atoms with E-state index in [1.165, 1.54) is 17.7 Å². The average Bonchev–Trinajstić information content (AvgIpc) is 3.30. The molecule has 1 fully saturated rings. The number of hydrogen-bond acceptors (Lipinski definition) is 5. The molecule has 2 amide bonds. The van der Waals surface area contributed by atoms with Crippen molar-refractivity contribution in [2.24, 2.45) is 0 Å². The number of rotatable bonds is 7. The van der Waals surface area contributed by atoms with Gasteiger partial charge in [-0.3, -0.25) is 9.59 Å². The van der Waals surface area contributed by atoms with Gasteiger partial charge in [0.2, 0.25) is 5.91 Å². The highest BCUT2D eigenvalue weighted by Crippen LogP contribution is 2.32. The standard InChI is InChI=1S/C24H28N2O5/c1-2-26(16-23(27)25-18-9-12-21-22(15-18)30-14-13-29-21)24(28)17-7-10-20(11-8-17)31-19-5-3-4-6-19/h7-12,15,19H,2-6,13-14,16H2,1H3,(H,25,27). The zero-order valence-electron chi connectivity index (χ0n) is 17.8. The van der Waals surface area contributed by atoms with Gasteiger partial charge < -0.3 is 24.4 Å². The van der Waals surface area contributed by atoms with E-state index in [1.54, 1.807) is 30.3 Å². The third-order valence-electron chi connectivity index (χ3n) is 5.54. The van der Waals surface area contributed by atoms with Crippen LogP contribution in [0.1, 0.15) is 43.0 Å². The van der Waals surface area contributed by atoms with Crippen molar-refractivity contribution in [3.63, 3.8) is 0 Å². The van der Waals surface area contributed by atoms with Crippen LogP contribution >= 0.6 is 0 Å². The lowest BCUT2D eigenvalue weighted by Crippen LogP contribution is -2.37. The SMILES string of the molecule is CCN(CC(=O)Nc1ccc2c(c1)OCCO2)C(=O)c1ccc(OC2CCCC2)cc1. The Kier molecular flexibility index (Phi) is 6.60. The summed E-state index contributed by atoms with van der Waals surface area (Å²) in [5, 5.41) is 2.82. The first kappa shape index (κ1) is 21.0. The molecule has 0 unspecified atom stereocenters. The molecule has 0 saturated heterocycles. The molecule has 1 aliphatic heterocycles. The Labute approximate surface area is 182 Å². The van der Waals surface area contributed by atoms with Crippen molar-refractivity contribution in [2.45, 2.75) is 38.7 Å². The summed E-state index contributed by atoms with van der Waals surface area (Å²) in [6.45, 7) is 3.23. The number of ether oxygens (including phenoxy) is 3. The second-order valence-corrected chi connectivity index (χ2v) is 7.77. The molecule has 1 N–H and O–H groups in total. The highest BCUT2D eigenvalue weighted by Gasteiger charge is 2.20. The fourth-order valence-corrected chi connectivity index (χ4v) is 3.88. The number of amides is 2. The molecule has 1 aliphatic carbocycles. The number of benzene rings is 2. The van der Waals surface area contributed by atoms with E-state index in [1.807, 2.05) is 19.1 Å². The summed E-state index contributed by atoms with van der Waals surface area (Å²) in [7, 11) is 0. The lowest BCUT2D eigenvalue weighted by molar-refractivity contribution is -0.116. The largest absolute Gasteiger partial charge is 0.490 e. The van der Waals surface area contributed by atoms with Crippen molar-refractivity contribution in [3.8, 4) is 17.2 Å². The molecule has 0 bridgehead atoms. The first-order valence-corrected chi connectivity index (χ1v) is 10.9. The molecule has 164 valence electrons. The van der Waals surface area contributed by atoms with E-state index in [-0.39, 0.29) is 24.5 Å². The summed E-state index contributed by atoms with van der Waals surface area (Å²) in [5.74, 6) is 1.59. The van der Waals surface area contributed by atoms with Crippen molar-refractivity contribution in [1.29, 1.82) is 0 Å². The molecular weight excluding hydrogens is 396 g/mol. The summed E-state index contributed by atoms with van der Waals surface area (Å²) in [5.41, 5.74) is 1.14. The predicted molar refractivity (Wildman–Crippen MR) is 117 cm³/mol. The number of fused-ring (bicyclic) bond motifs is 1. The van der Waals surface area contributed by atoms with Crippen LogP contribution in [0.15, 0.2) is 42.5 Å². The molecule has 7 heteroatoms. The Hall–Kier alpha value is -3.22. The maximum absolute atomic E-state index is 12.9. The van der Waals surface area contributed by atoms with E-state index in [2.05, 4.69) is 5.32 Å². The molecule has 4 rings (SSSR count). The normalized spacial score (nSPS) is 15.4. The maximum Gasteiger partial charge on any atom is 0.254 e. The monoisotopic (exact) mass is 424 g/mol. The minimum absolute atomic E-state index is 0.0376. The van der Waals surface area contributed by atoms with Gasteiger partial charge >= 0.3 is 0 Å². The Morgan fingerprint density at radius 3 is 2.45 bits per heavy atom. The summed E-state index contributed by atoms with van der Waals surface area (Å²) >= 11 is 0. The first-order valence-electron chi connectivity index (χ1n) is 10.9. The van der Waals surface area contributed by atoms with E-state index < -0.39 is 0 Å². The second kappa shape index (κ2) is 9.73. The van der Waals surface area contributed by atoms with Crippen molar-refractivity contribution >= 4 is 17.5 Å². The molecule has 0 aromatic heterocycles. The van der Waals surface area contributed by atoms with E-state index in [0.29, 0.717) is 42.5 Å². The van der Waals surface area contributed by atoms with Crippen LogP contribution in [0.5, 0.6) is 17.2 Å². The number of nitrogens with one attached hydrogen (secondary N) is 1. The van der Waals surface area contributed by atoms with Crippen molar-refractivity contribution in [1.82, 2.24) is 4.90 Å². The summed E-state index contributed by atoms with van der Waals surface area (Å²) in [4.78, 5) is 26.9. The molecule has 0 spiro atoms. The van der Waals surface area contributed by atoms with Crippen molar-refractivity contribution in [3.05, 3.63) is 48.0 Å². The summed E-state index contributed by atoms with van der Waals surface area (Å²) < 4.78 is 17.0. The van der Waals surface area contributed by atoms with Gasteiger partial charge in [-0.15, -0.1) is 0 Å². The molecule has 2 aromatic carbocycles. The fourth-order valence-electron chi connectivity index (χ4n) is 3.88. The third kappa shape index (κ3) is 5.29. The molecule has 0 radical (unpaired) electrons. The molecular formula is C24H28N2O5. The Balaban J connectivity index is 1.34. The molecule has 7 nitrogen and oxygen atoms in total. The van der Waals surface area contributed by atoms with Crippen LogP contribution in [-0.2, 0) is 4.79 Å². The van der Waals surface area contributed by atoms with Gasteiger partial charge in [0, 0.05) is 23.9 Å². The highest BCUT2D eigenvalue weighted by molar-refractivity contribution is 5.99. The zero-order valence-corrected chi connectivity index (χ0v) is 17.8. The van der Waals surface area contributed by atoms with E-state index in [0.717, 1.165) is 18.6 Å². The number of carbonyl (C=O) groups excluding carboxylic acids is 2. The van der Waals surface area contributed by atoms with Crippen LogP contribution in [-0.4, -0.2) is 49.1 Å². The summed E-state index contributed by atoms with van der Waals surface area (Å²) in [6.07, 6.45) is 4.87. The fraction of sp³-hybridized carbons (Fsp3) is 0.417. The van der Waals surface area contributed by atoms with Gasteiger partial charge in [0.05, 0.1) is 6.10 Å². The van der Waals surface area contributed by atoms with Crippen LogP contribution in [0.2, 0.25) is 0 Å². The molecule has 0 atom stereocenters. The minimum atomic E-state index is -0.270. The predicted octanol–water partition coefficient (Wildman–Crippen LogP) is 3.88. The molecule has 31 heavy (non-hydrogen) atoms. The Morgan fingerprint density at radius 2 is 1.74 bits per heavy atom. The Bertz CT molecular complexity index is 922. The van der Waals surface area contributed by atoms with Crippen LogP contribution in [0.25, 0.3) is 0 Å². The molecule has 2 aromatic rings. The van der Waals surface area contributed by atoms with Gasteiger partial charge in [0.25, 0.3) is 5.91 Å². The van der Waals surface area contributed by atoms with E-state index in [4.69, 9.17) is 14.2 Å². The molecule has 1 heterocycles. The van der Waals surface area contributed by atoms with Crippen LogP contribution in [0.4, 0.5) is 5.69 Å². The van der Waals surface area contributed by atoms with Crippen molar-refractivity contribution in [2.75, 3.05) is 31.6 Å². The van der Waals surface area contributed by atoms with Gasteiger partial charge in [-0.1, -0.05) is 0 Å². The lowest BCUT2D eigenvalue weighted by atomic mass is 10.2. The number of likely N-dealkylation sites (N-methyl/N-ethyl adjacent to an activating group) is 1. The van der Waals surface area contributed by atoms with Gasteiger partial charge in [0.15, 0.2) is 11.5 Å². The van der Waals surface area contributed by atoms with E-state index >= 15 is 0 Å². The van der Waals surface area contributed by atoms with Crippen molar-refractivity contribution < 1.29 is 23.8 Å². The van der Waals surface area contributed by atoms with Crippen LogP contribution in [0, 0.1) is 0 Å². The zero-order chi connectivity index (χ0) is 21.6. The molecule has 1 saturated carbocycles. The van der Waals surface area contributed by atoms with Crippen LogP contribution < -0.4 is 19.5 Å². The quantitative estimate of drug-likeness (QED) is 0.730. The number of hydrogen-bond donors (Lipinski definition) is 1. The van der Waals surface area contributed by atoms with Gasteiger partial charge in [-0.2, -0.15) is 0 Å². The average molecular weight is 424 g/mol. The first-order chi connectivity index (χ1) is 15.1. The highest BCUT2D eigenvalue weighted by atomic mass is 16.6. The smallest absolute Gasteiger partial charge is 0.254 e. The maximum atomic E-state index is 12.9. The number of carbonyl (C=O) groups is 2.